The summed E-state index contributed by atoms with van der Waals surface area (Å²) < 4.78 is 16.8. The summed E-state index contributed by atoms with van der Waals surface area (Å²) in [5.41, 5.74) is 1.03. The minimum absolute atomic E-state index is 0.425. The average molecular weight is 358 g/mol. The molecule has 0 radical (unpaired) electrons. The molecule has 0 aliphatic rings. The largest absolute Gasteiger partial charge is 0.497 e. The van der Waals surface area contributed by atoms with E-state index in [9.17, 15) is 0 Å². The van der Waals surface area contributed by atoms with E-state index in [1.807, 2.05) is 24.3 Å². The number of ether oxygens (including phenoxy) is 3. The van der Waals surface area contributed by atoms with Crippen molar-refractivity contribution in [3.05, 3.63) is 51.5 Å². The van der Waals surface area contributed by atoms with Gasteiger partial charge in [0, 0.05) is 6.07 Å². The molecule has 3 nitrogen and oxygen atoms in total. The zero-order valence-electron chi connectivity index (χ0n) is 11.2. The first-order valence-corrected chi connectivity index (χ1v) is 7.10. The lowest BCUT2D eigenvalue weighted by atomic mass is 10.2. The second-order valence-corrected chi connectivity index (χ2v) is 5.32. The molecule has 0 amide bonds. The van der Waals surface area contributed by atoms with Crippen LogP contribution in [0.25, 0.3) is 0 Å². The van der Waals surface area contributed by atoms with Gasteiger partial charge >= 0.3 is 0 Å². The van der Waals surface area contributed by atoms with Gasteiger partial charge in [0.1, 0.15) is 23.9 Å². The van der Waals surface area contributed by atoms with Crippen LogP contribution in [0.2, 0.25) is 5.02 Å². The van der Waals surface area contributed by atoms with Crippen molar-refractivity contribution >= 4 is 27.5 Å². The maximum atomic E-state index is 6.14. The molecule has 0 atom stereocenters. The molecule has 0 fully saturated rings. The molecule has 106 valence electrons. The first-order chi connectivity index (χ1) is 9.63. The van der Waals surface area contributed by atoms with Crippen LogP contribution in [0.5, 0.6) is 17.2 Å². The molecule has 0 aliphatic heterocycles. The third kappa shape index (κ3) is 3.58. The molecule has 0 unspecified atom stereocenters. The molecular formula is C15H14BrClO3. The molecule has 0 N–H and O–H groups in total. The molecule has 0 saturated heterocycles. The van der Waals surface area contributed by atoms with Crippen molar-refractivity contribution in [3.63, 3.8) is 0 Å². The predicted molar refractivity (Wildman–Crippen MR) is 83.0 cm³/mol. The maximum absolute atomic E-state index is 6.14. The average Bonchev–Trinajstić information content (AvgIpc) is 2.47. The van der Waals surface area contributed by atoms with E-state index < -0.39 is 0 Å². The van der Waals surface area contributed by atoms with Crippen LogP contribution in [0.3, 0.4) is 0 Å². The number of benzene rings is 2. The smallest absolute Gasteiger partial charge is 0.142 e. The first kappa shape index (κ1) is 15.0. The van der Waals surface area contributed by atoms with Crippen LogP contribution in [0.1, 0.15) is 5.56 Å². The van der Waals surface area contributed by atoms with E-state index >= 15 is 0 Å². The Morgan fingerprint density at radius 1 is 1.00 bits per heavy atom. The molecule has 0 heterocycles. The van der Waals surface area contributed by atoms with E-state index in [1.165, 1.54) is 0 Å². The van der Waals surface area contributed by atoms with Gasteiger partial charge in [-0.25, -0.2) is 0 Å². The molecule has 0 spiro atoms. The number of rotatable bonds is 5. The van der Waals surface area contributed by atoms with Crippen LogP contribution in [-0.4, -0.2) is 14.2 Å². The number of hydrogen-bond donors (Lipinski definition) is 0. The van der Waals surface area contributed by atoms with Crippen molar-refractivity contribution in [2.75, 3.05) is 14.2 Å². The Labute approximate surface area is 131 Å². The zero-order valence-corrected chi connectivity index (χ0v) is 13.5. The van der Waals surface area contributed by atoms with Gasteiger partial charge in [-0.3, -0.25) is 0 Å². The summed E-state index contributed by atoms with van der Waals surface area (Å²) in [6.07, 6.45) is 0. The summed E-state index contributed by atoms with van der Waals surface area (Å²) in [6.45, 7) is 0.425. The van der Waals surface area contributed by atoms with E-state index in [1.54, 1.807) is 26.4 Å². The van der Waals surface area contributed by atoms with Crippen LogP contribution >= 0.6 is 27.5 Å². The van der Waals surface area contributed by atoms with Gasteiger partial charge in [-0.15, -0.1) is 0 Å². The highest BCUT2D eigenvalue weighted by atomic mass is 79.9. The highest BCUT2D eigenvalue weighted by molar-refractivity contribution is 9.10. The molecular weight excluding hydrogens is 344 g/mol. The van der Waals surface area contributed by atoms with Crippen molar-refractivity contribution in [1.82, 2.24) is 0 Å². The van der Waals surface area contributed by atoms with Crippen molar-refractivity contribution in [2.45, 2.75) is 6.61 Å². The molecule has 20 heavy (non-hydrogen) atoms. The highest BCUT2D eigenvalue weighted by Crippen LogP contribution is 2.36. The van der Waals surface area contributed by atoms with Gasteiger partial charge in [-0.2, -0.15) is 0 Å². The van der Waals surface area contributed by atoms with Gasteiger partial charge in [0.25, 0.3) is 0 Å². The molecule has 0 aliphatic carbocycles. The van der Waals surface area contributed by atoms with Crippen LogP contribution in [0, 0.1) is 0 Å². The van der Waals surface area contributed by atoms with E-state index in [4.69, 9.17) is 25.8 Å². The Bertz CT molecular complexity index is 584. The van der Waals surface area contributed by atoms with Crippen molar-refractivity contribution in [2.24, 2.45) is 0 Å². The lowest BCUT2D eigenvalue weighted by Crippen LogP contribution is -1.97. The summed E-state index contributed by atoms with van der Waals surface area (Å²) in [4.78, 5) is 0. The van der Waals surface area contributed by atoms with Crippen molar-refractivity contribution in [3.8, 4) is 17.2 Å². The highest BCUT2D eigenvalue weighted by Gasteiger charge is 2.08. The fraction of sp³-hybridized carbons (Fsp3) is 0.200. The molecule has 0 aromatic heterocycles. The van der Waals surface area contributed by atoms with Crippen molar-refractivity contribution in [1.29, 1.82) is 0 Å². The quantitative estimate of drug-likeness (QED) is 0.776. The molecule has 2 rings (SSSR count). The Morgan fingerprint density at radius 2 is 1.70 bits per heavy atom. The molecule has 2 aromatic carbocycles. The number of methoxy groups -OCH3 is 2. The van der Waals surface area contributed by atoms with Crippen LogP contribution < -0.4 is 14.2 Å². The van der Waals surface area contributed by atoms with E-state index in [-0.39, 0.29) is 0 Å². The van der Waals surface area contributed by atoms with E-state index in [2.05, 4.69) is 15.9 Å². The Balaban J connectivity index is 2.09. The van der Waals surface area contributed by atoms with E-state index in [0.29, 0.717) is 23.1 Å². The lowest BCUT2D eigenvalue weighted by Gasteiger charge is -2.11. The second-order valence-electron chi connectivity index (χ2n) is 4.05. The van der Waals surface area contributed by atoms with Gasteiger partial charge in [0.05, 0.1) is 23.7 Å². The van der Waals surface area contributed by atoms with Gasteiger partial charge < -0.3 is 14.2 Å². The summed E-state index contributed by atoms with van der Waals surface area (Å²) in [5.74, 6) is 2.08. The monoisotopic (exact) mass is 356 g/mol. The minimum Gasteiger partial charge on any atom is -0.497 e. The van der Waals surface area contributed by atoms with Gasteiger partial charge in [-0.05, 0) is 39.7 Å². The Kier molecular flexibility index (Phi) is 5.15. The Morgan fingerprint density at radius 3 is 2.30 bits per heavy atom. The molecule has 0 bridgehead atoms. The van der Waals surface area contributed by atoms with Gasteiger partial charge in [0.2, 0.25) is 0 Å². The molecule has 2 aromatic rings. The third-order valence-corrected chi connectivity index (χ3v) is 3.67. The van der Waals surface area contributed by atoms with Crippen LogP contribution in [-0.2, 0) is 6.61 Å². The first-order valence-electron chi connectivity index (χ1n) is 5.93. The number of hydrogen-bond acceptors (Lipinski definition) is 3. The maximum Gasteiger partial charge on any atom is 0.142 e. The van der Waals surface area contributed by atoms with E-state index in [0.717, 1.165) is 15.8 Å². The zero-order chi connectivity index (χ0) is 14.5. The summed E-state index contributed by atoms with van der Waals surface area (Å²) >= 11 is 9.52. The summed E-state index contributed by atoms with van der Waals surface area (Å²) in [7, 11) is 3.24. The predicted octanol–water partition coefficient (Wildman–Crippen LogP) is 4.70. The molecule has 0 saturated carbocycles. The summed E-state index contributed by atoms with van der Waals surface area (Å²) in [6, 6.07) is 11.2. The second kappa shape index (κ2) is 6.86. The lowest BCUT2D eigenvalue weighted by molar-refractivity contribution is 0.303. The van der Waals surface area contributed by atoms with Crippen LogP contribution in [0.4, 0.5) is 0 Å². The third-order valence-electron chi connectivity index (χ3n) is 2.76. The summed E-state index contributed by atoms with van der Waals surface area (Å²) in [5, 5.41) is 0.534. The van der Waals surface area contributed by atoms with Gasteiger partial charge in [-0.1, -0.05) is 23.7 Å². The fourth-order valence-corrected chi connectivity index (χ4v) is 2.52. The van der Waals surface area contributed by atoms with Crippen molar-refractivity contribution < 1.29 is 14.2 Å². The Hall–Kier alpha value is -1.39. The minimum atomic E-state index is 0.425. The topological polar surface area (TPSA) is 27.7 Å². The van der Waals surface area contributed by atoms with Crippen LogP contribution in [0.15, 0.2) is 40.9 Å². The molecule has 5 heteroatoms. The fourth-order valence-electron chi connectivity index (χ4n) is 1.66. The SMILES string of the molecule is COc1ccc(COc2cc(OC)c(Br)cc2Cl)cc1. The number of halogens is 2. The van der Waals surface area contributed by atoms with Gasteiger partial charge in [0.15, 0.2) is 0 Å². The normalized spacial score (nSPS) is 10.2. The standard InChI is InChI=1S/C15H14BrClO3/c1-18-11-5-3-10(4-6-11)9-20-15-8-14(19-2)12(16)7-13(15)17/h3-8H,9H2,1-2H3.